The van der Waals surface area contributed by atoms with Gasteiger partial charge in [0.15, 0.2) is 0 Å². The normalized spacial score (nSPS) is 10.8. The van der Waals surface area contributed by atoms with Crippen molar-refractivity contribution in [3.05, 3.63) is 101 Å². The molecule has 5 rings (SSSR count). The lowest BCUT2D eigenvalue weighted by Gasteiger charge is -2.05. The molecule has 2 heterocycles. The molecule has 0 fully saturated rings. The van der Waals surface area contributed by atoms with Crippen molar-refractivity contribution in [2.45, 2.75) is 0 Å². The van der Waals surface area contributed by atoms with Gasteiger partial charge in [0, 0.05) is 10.3 Å². The molecule has 0 aliphatic carbocycles. The van der Waals surface area contributed by atoms with Crippen LogP contribution in [-0.4, -0.2) is 26.6 Å². The number of aromatic nitrogens is 3. The molecule has 32 heavy (non-hydrogen) atoms. The van der Waals surface area contributed by atoms with Crippen LogP contribution in [0.15, 0.2) is 91.0 Å². The van der Waals surface area contributed by atoms with E-state index in [0.29, 0.717) is 16.1 Å². The molecular formula is C24H17N5O2S. The molecule has 0 saturated carbocycles. The SMILES string of the molecule is O=C(Nc1nc(NC(=O)c2cc3ccccc3s2)n(-c2ccccc2)n1)c1ccccc1. The van der Waals surface area contributed by atoms with Crippen LogP contribution in [0.1, 0.15) is 20.0 Å². The zero-order valence-corrected chi connectivity index (χ0v) is 17.5. The Balaban J connectivity index is 1.46. The van der Waals surface area contributed by atoms with Gasteiger partial charge >= 0.3 is 0 Å². The first-order valence-electron chi connectivity index (χ1n) is 9.86. The van der Waals surface area contributed by atoms with Crippen molar-refractivity contribution < 1.29 is 9.59 Å². The van der Waals surface area contributed by atoms with Crippen LogP contribution in [-0.2, 0) is 0 Å². The maximum Gasteiger partial charge on any atom is 0.268 e. The van der Waals surface area contributed by atoms with Crippen molar-refractivity contribution >= 4 is 45.1 Å². The molecule has 0 atom stereocenters. The maximum atomic E-state index is 13.0. The molecule has 0 unspecified atom stereocenters. The Bertz CT molecular complexity index is 1380. The van der Waals surface area contributed by atoms with Gasteiger partial charge in [0.05, 0.1) is 10.6 Å². The van der Waals surface area contributed by atoms with Gasteiger partial charge in [0.1, 0.15) is 0 Å². The minimum Gasteiger partial charge on any atom is -0.290 e. The largest absolute Gasteiger partial charge is 0.290 e. The zero-order chi connectivity index (χ0) is 21.9. The Morgan fingerprint density at radius 3 is 2.22 bits per heavy atom. The first-order valence-corrected chi connectivity index (χ1v) is 10.7. The fourth-order valence-corrected chi connectivity index (χ4v) is 4.17. The van der Waals surface area contributed by atoms with Crippen molar-refractivity contribution in [3.8, 4) is 5.69 Å². The number of nitrogens with zero attached hydrogens (tertiary/aromatic N) is 3. The Kier molecular flexibility index (Phi) is 5.19. The molecule has 0 radical (unpaired) electrons. The van der Waals surface area contributed by atoms with Crippen molar-refractivity contribution in [1.82, 2.24) is 14.8 Å². The van der Waals surface area contributed by atoms with Crippen LogP contribution < -0.4 is 10.6 Å². The molecule has 2 aromatic heterocycles. The summed E-state index contributed by atoms with van der Waals surface area (Å²) in [5.74, 6) is -0.328. The van der Waals surface area contributed by atoms with E-state index in [1.807, 2.05) is 66.7 Å². The van der Waals surface area contributed by atoms with E-state index < -0.39 is 0 Å². The molecule has 3 aromatic carbocycles. The van der Waals surface area contributed by atoms with Crippen LogP contribution in [0.5, 0.6) is 0 Å². The summed E-state index contributed by atoms with van der Waals surface area (Å²) in [5, 5.41) is 10.9. The summed E-state index contributed by atoms with van der Waals surface area (Å²) in [6, 6.07) is 27.7. The molecule has 0 bridgehead atoms. The number of carbonyl (C=O) groups excluding carboxylic acids is 2. The van der Waals surface area contributed by atoms with E-state index in [-0.39, 0.29) is 23.7 Å². The van der Waals surface area contributed by atoms with Crippen LogP contribution in [0.3, 0.4) is 0 Å². The zero-order valence-electron chi connectivity index (χ0n) is 16.7. The smallest absolute Gasteiger partial charge is 0.268 e. The topological polar surface area (TPSA) is 88.9 Å². The van der Waals surface area contributed by atoms with Crippen LogP contribution in [0, 0.1) is 0 Å². The lowest BCUT2D eigenvalue weighted by molar-refractivity contribution is 0.102. The number of benzene rings is 3. The molecule has 2 N–H and O–H groups in total. The second-order valence-corrected chi connectivity index (χ2v) is 8.01. The third-order valence-electron chi connectivity index (χ3n) is 4.74. The fourth-order valence-electron chi connectivity index (χ4n) is 3.22. The molecule has 156 valence electrons. The number of fused-ring (bicyclic) bond motifs is 1. The predicted molar refractivity (Wildman–Crippen MR) is 126 cm³/mol. The van der Waals surface area contributed by atoms with Gasteiger partial charge < -0.3 is 0 Å². The molecule has 0 spiro atoms. The summed E-state index contributed by atoms with van der Waals surface area (Å²) < 4.78 is 2.52. The first kappa shape index (κ1) is 19.7. The average molecular weight is 440 g/mol. The Morgan fingerprint density at radius 2 is 1.47 bits per heavy atom. The molecular weight excluding hydrogens is 422 g/mol. The van der Waals surface area contributed by atoms with Crippen molar-refractivity contribution in [3.63, 3.8) is 0 Å². The monoisotopic (exact) mass is 439 g/mol. The second-order valence-electron chi connectivity index (χ2n) is 6.93. The van der Waals surface area contributed by atoms with E-state index >= 15 is 0 Å². The summed E-state index contributed by atoms with van der Waals surface area (Å²) >= 11 is 1.40. The maximum absolute atomic E-state index is 13.0. The van der Waals surface area contributed by atoms with Gasteiger partial charge in [-0.2, -0.15) is 9.67 Å². The van der Waals surface area contributed by atoms with E-state index in [2.05, 4.69) is 20.7 Å². The number of rotatable bonds is 5. The number of hydrogen-bond acceptors (Lipinski definition) is 5. The highest BCUT2D eigenvalue weighted by Crippen LogP contribution is 2.26. The number of nitrogens with one attached hydrogen (secondary N) is 2. The van der Waals surface area contributed by atoms with Gasteiger partial charge in [-0.3, -0.25) is 20.2 Å². The van der Waals surface area contributed by atoms with Gasteiger partial charge in [-0.05, 0) is 41.8 Å². The van der Waals surface area contributed by atoms with Gasteiger partial charge in [0.25, 0.3) is 17.8 Å². The second kappa shape index (κ2) is 8.44. The summed E-state index contributed by atoms with van der Waals surface area (Å²) in [6.45, 7) is 0. The summed E-state index contributed by atoms with van der Waals surface area (Å²) in [4.78, 5) is 30.4. The molecule has 2 amide bonds. The number of thiophene rings is 1. The van der Waals surface area contributed by atoms with Crippen LogP contribution in [0.25, 0.3) is 15.8 Å². The minimum absolute atomic E-state index is 0.0920. The lowest BCUT2D eigenvalue weighted by atomic mass is 10.2. The highest BCUT2D eigenvalue weighted by Gasteiger charge is 2.18. The van der Waals surface area contributed by atoms with Crippen LogP contribution >= 0.6 is 11.3 Å². The van der Waals surface area contributed by atoms with Gasteiger partial charge in [0.2, 0.25) is 5.95 Å². The molecule has 0 aliphatic heterocycles. The van der Waals surface area contributed by atoms with Gasteiger partial charge in [-0.25, -0.2) is 0 Å². The Morgan fingerprint density at radius 1 is 0.781 bits per heavy atom. The Hall–Kier alpha value is -4.30. The van der Waals surface area contributed by atoms with Crippen LogP contribution in [0.4, 0.5) is 11.9 Å². The number of hydrogen-bond donors (Lipinski definition) is 2. The van der Waals surface area contributed by atoms with Crippen LogP contribution in [0.2, 0.25) is 0 Å². The summed E-state index contributed by atoms with van der Waals surface area (Å²) in [6.07, 6.45) is 0. The van der Waals surface area contributed by atoms with E-state index in [1.165, 1.54) is 16.0 Å². The van der Waals surface area contributed by atoms with Crippen molar-refractivity contribution in [2.24, 2.45) is 0 Å². The van der Waals surface area contributed by atoms with E-state index in [4.69, 9.17) is 0 Å². The number of para-hydroxylation sites is 1. The van der Waals surface area contributed by atoms with Crippen molar-refractivity contribution in [1.29, 1.82) is 0 Å². The first-order chi connectivity index (χ1) is 15.7. The third-order valence-corrected chi connectivity index (χ3v) is 5.86. The molecule has 5 aromatic rings. The van der Waals surface area contributed by atoms with E-state index in [9.17, 15) is 9.59 Å². The number of anilines is 2. The predicted octanol–water partition coefficient (Wildman–Crippen LogP) is 4.99. The van der Waals surface area contributed by atoms with E-state index in [1.54, 1.807) is 24.3 Å². The lowest BCUT2D eigenvalue weighted by Crippen LogP contribution is -2.14. The van der Waals surface area contributed by atoms with Gasteiger partial charge in [-0.1, -0.05) is 54.6 Å². The molecule has 8 heteroatoms. The quantitative estimate of drug-likeness (QED) is 0.404. The fraction of sp³-hybridized carbons (Fsp3) is 0. The average Bonchev–Trinajstić information content (AvgIpc) is 3.44. The molecule has 0 saturated heterocycles. The summed E-state index contributed by atoms with van der Waals surface area (Å²) in [5.41, 5.74) is 1.19. The minimum atomic E-state index is -0.335. The highest BCUT2D eigenvalue weighted by molar-refractivity contribution is 7.20. The Labute approximate surface area is 187 Å². The molecule has 0 aliphatic rings. The van der Waals surface area contributed by atoms with E-state index in [0.717, 1.165) is 10.1 Å². The number of carbonyl (C=O) groups is 2. The third kappa shape index (κ3) is 3.99. The molecule has 7 nitrogen and oxygen atoms in total. The highest BCUT2D eigenvalue weighted by atomic mass is 32.1. The van der Waals surface area contributed by atoms with Gasteiger partial charge in [-0.15, -0.1) is 16.4 Å². The standard InChI is InChI=1S/C24H17N5O2S/c30-21(16-9-3-1-4-10-16)25-23-27-24(29(28-23)18-12-5-2-6-13-18)26-22(31)20-15-17-11-7-8-14-19(17)32-20/h1-15H,(H2,25,26,27,28,30,31). The summed E-state index contributed by atoms with van der Waals surface area (Å²) in [7, 11) is 0. The van der Waals surface area contributed by atoms with Crippen molar-refractivity contribution in [2.75, 3.05) is 10.6 Å². The number of amides is 2.